The van der Waals surface area contributed by atoms with Crippen LogP contribution in [0.4, 0.5) is 16.3 Å². The SMILES string of the molecule is CCC1C(=O)NC(n2nc(-c3ccccc3)cc2NC(=O)Nc2ccccc2)NC1C. The molecule has 3 atom stereocenters. The van der Waals surface area contributed by atoms with Crippen molar-refractivity contribution in [3.63, 3.8) is 0 Å². The molecule has 3 amide bonds. The predicted octanol–water partition coefficient (Wildman–Crippen LogP) is 3.78. The molecule has 1 aliphatic rings. The number of carbonyl (C=O) groups excluding carboxylic acids is 2. The maximum Gasteiger partial charge on any atom is 0.324 e. The third-order valence-electron chi connectivity index (χ3n) is 5.40. The molecule has 2 aromatic carbocycles. The van der Waals surface area contributed by atoms with Gasteiger partial charge in [-0.3, -0.25) is 15.4 Å². The smallest absolute Gasteiger partial charge is 0.322 e. The van der Waals surface area contributed by atoms with Gasteiger partial charge in [0.25, 0.3) is 0 Å². The fraction of sp³-hybridized carbons (Fsp3) is 0.261. The zero-order valence-electron chi connectivity index (χ0n) is 17.5. The number of aromatic nitrogens is 2. The van der Waals surface area contributed by atoms with Gasteiger partial charge in [-0.05, 0) is 25.5 Å². The van der Waals surface area contributed by atoms with E-state index in [0.717, 1.165) is 12.0 Å². The van der Waals surface area contributed by atoms with Crippen molar-refractivity contribution in [2.75, 3.05) is 10.6 Å². The van der Waals surface area contributed by atoms with Crippen molar-refractivity contribution in [3.05, 3.63) is 66.7 Å². The minimum Gasteiger partial charge on any atom is -0.322 e. The topological polar surface area (TPSA) is 100 Å². The van der Waals surface area contributed by atoms with Crippen molar-refractivity contribution >= 4 is 23.4 Å². The van der Waals surface area contributed by atoms with Gasteiger partial charge in [0.05, 0.1) is 11.6 Å². The van der Waals surface area contributed by atoms with Crippen molar-refractivity contribution in [2.45, 2.75) is 32.6 Å². The summed E-state index contributed by atoms with van der Waals surface area (Å²) in [6.07, 6.45) is 0.167. The molecule has 3 aromatic rings. The lowest BCUT2D eigenvalue weighted by atomic mass is 9.95. The number of nitrogens with zero attached hydrogens (tertiary/aromatic N) is 2. The number of para-hydroxylation sites is 1. The van der Waals surface area contributed by atoms with Crippen molar-refractivity contribution in [1.29, 1.82) is 0 Å². The Morgan fingerprint density at radius 3 is 2.39 bits per heavy atom. The molecular weight excluding hydrogens is 392 g/mol. The molecule has 1 saturated heterocycles. The molecule has 1 aromatic heterocycles. The number of carbonyl (C=O) groups is 2. The van der Waals surface area contributed by atoms with Gasteiger partial charge in [-0.1, -0.05) is 55.5 Å². The maximum absolute atomic E-state index is 12.6. The molecule has 1 fully saturated rings. The standard InChI is InChI=1S/C23H26N6O2/c1-3-18-15(2)24-22(27-21(18)30)29-20(14-19(28-29)16-10-6-4-7-11-16)26-23(31)25-17-12-8-5-9-13-17/h4-15,18,22,24H,3H2,1-2H3,(H,27,30)(H2,25,26,31). The Bertz CT molecular complexity index is 1050. The van der Waals surface area contributed by atoms with E-state index in [1.807, 2.05) is 74.5 Å². The number of amides is 3. The summed E-state index contributed by atoms with van der Waals surface area (Å²) < 4.78 is 1.60. The fourth-order valence-electron chi connectivity index (χ4n) is 3.78. The predicted molar refractivity (Wildman–Crippen MR) is 120 cm³/mol. The first-order chi connectivity index (χ1) is 15.0. The van der Waals surface area contributed by atoms with Gasteiger partial charge in [-0.2, -0.15) is 5.10 Å². The number of hydrogen-bond donors (Lipinski definition) is 4. The number of urea groups is 1. The van der Waals surface area contributed by atoms with E-state index >= 15 is 0 Å². The molecule has 31 heavy (non-hydrogen) atoms. The molecule has 160 valence electrons. The van der Waals surface area contributed by atoms with Crippen molar-refractivity contribution in [3.8, 4) is 11.3 Å². The van der Waals surface area contributed by atoms with Gasteiger partial charge in [0, 0.05) is 23.4 Å². The molecule has 0 spiro atoms. The Kier molecular flexibility index (Phi) is 5.99. The largest absolute Gasteiger partial charge is 0.324 e. The summed E-state index contributed by atoms with van der Waals surface area (Å²) in [5.41, 5.74) is 2.28. The summed E-state index contributed by atoms with van der Waals surface area (Å²) in [5, 5.41) is 16.7. The maximum atomic E-state index is 12.6. The van der Waals surface area contributed by atoms with E-state index in [4.69, 9.17) is 0 Å². The van der Waals surface area contributed by atoms with E-state index in [0.29, 0.717) is 17.2 Å². The van der Waals surface area contributed by atoms with Crippen LogP contribution in [0.1, 0.15) is 26.6 Å². The molecule has 0 radical (unpaired) electrons. The Hall–Kier alpha value is -3.65. The number of anilines is 2. The lowest BCUT2D eigenvalue weighted by Gasteiger charge is -2.35. The van der Waals surface area contributed by atoms with E-state index in [1.54, 1.807) is 10.7 Å². The molecule has 8 nitrogen and oxygen atoms in total. The van der Waals surface area contributed by atoms with Crippen LogP contribution in [0.2, 0.25) is 0 Å². The average molecular weight is 419 g/mol. The van der Waals surface area contributed by atoms with Crippen molar-refractivity contribution in [1.82, 2.24) is 20.4 Å². The number of nitrogens with one attached hydrogen (secondary N) is 4. The molecule has 4 N–H and O–H groups in total. The van der Waals surface area contributed by atoms with Crippen molar-refractivity contribution in [2.24, 2.45) is 5.92 Å². The van der Waals surface area contributed by atoms with Gasteiger partial charge < -0.3 is 10.6 Å². The fourth-order valence-corrected chi connectivity index (χ4v) is 3.78. The van der Waals surface area contributed by atoms with Gasteiger partial charge in [-0.15, -0.1) is 0 Å². The highest BCUT2D eigenvalue weighted by molar-refractivity contribution is 5.99. The first-order valence-corrected chi connectivity index (χ1v) is 10.4. The lowest BCUT2D eigenvalue weighted by Crippen LogP contribution is -2.57. The van der Waals surface area contributed by atoms with Crippen LogP contribution in [0.25, 0.3) is 11.3 Å². The van der Waals surface area contributed by atoms with E-state index in [1.165, 1.54) is 0 Å². The molecule has 4 rings (SSSR count). The Labute approximate surface area is 181 Å². The second-order valence-corrected chi connectivity index (χ2v) is 7.55. The van der Waals surface area contributed by atoms with E-state index in [2.05, 4.69) is 26.4 Å². The van der Waals surface area contributed by atoms with Crippen LogP contribution >= 0.6 is 0 Å². The normalized spacial score (nSPS) is 20.7. The number of rotatable bonds is 5. The lowest BCUT2D eigenvalue weighted by molar-refractivity contribution is -0.130. The molecular formula is C23H26N6O2. The molecule has 0 saturated carbocycles. The van der Waals surface area contributed by atoms with Gasteiger partial charge in [0.15, 0.2) is 6.29 Å². The van der Waals surface area contributed by atoms with Gasteiger partial charge in [0.1, 0.15) is 5.82 Å². The van der Waals surface area contributed by atoms with E-state index in [9.17, 15) is 9.59 Å². The summed E-state index contributed by atoms with van der Waals surface area (Å²) in [7, 11) is 0. The Balaban J connectivity index is 1.62. The van der Waals surface area contributed by atoms with Crippen molar-refractivity contribution < 1.29 is 9.59 Å². The van der Waals surface area contributed by atoms with E-state index in [-0.39, 0.29) is 17.9 Å². The highest BCUT2D eigenvalue weighted by Crippen LogP contribution is 2.26. The average Bonchev–Trinajstić information content (AvgIpc) is 3.18. The second kappa shape index (κ2) is 9.01. The van der Waals surface area contributed by atoms with Crippen LogP contribution in [0, 0.1) is 5.92 Å². The molecule has 2 heterocycles. The molecule has 1 aliphatic heterocycles. The monoisotopic (exact) mass is 418 g/mol. The minimum absolute atomic E-state index is 0.0286. The highest BCUT2D eigenvalue weighted by atomic mass is 16.2. The van der Waals surface area contributed by atoms with Gasteiger partial charge in [-0.25, -0.2) is 9.48 Å². The van der Waals surface area contributed by atoms with Crippen LogP contribution in [-0.4, -0.2) is 27.8 Å². The van der Waals surface area contributed by atoms with E-state index < -0.39 is 12.3 Å². The Morgan fingerprint density at radius 2 is 1.74 bits per heavy atom. The summed E-state index contributed by atoms with van der Waals surface area (Å²) in [5.74, 6) is 0.320. The first kappa shape index (κ1) is 20.6. The summed E-state index contributed by atoms with van der Waals surface area (Å²) in [4.78, 5) is 25.2. The summed E-state index contributed by atoms with van der Waals surface area (Å²) in [6, 6.07) is 20.2. The zero-order chi connectivity index (χ0) is 21.8. The quantitative estimate of drug-likeness (QED) is 0.507. The van der Waals surface area contributed by atoms with Gasteiger partial charge in [0.2, 0.25) is 5.91 Å². The third kappa shape index (κ3) is 4.59. The Morgan fingerprint density at radius 1 is 1.06 bits per heavy atom. The van der Waals surface area contributed by atoms with Crippen LogP contribution in [0.5, 0.6) is 0 Å². The van der Waals surface area contributed by atoms with Crippen LogP contribution < -0.4 is 21.3 Å². The number of hydrogen-bond acceptors (Lipinski definition) is 4. The second-order valence-electron chi connectivity index (χ2n) is 7.55. The zero-order valence-corrected chi connectivity index (χ0v) is 17.5. The summed E-state index contributed by atoms with van der Waals surface area (Å²) in [6.45, 7) is 3.97. The van der Waals surface area contributed by atoms with Crippen LogP contribution in [0.3, 0.4) is 0 Å². The summed E-state index contributed by atoms with van der Waals surface area (Å²) >= 11 is 0. The third-order valence-corrected chi connectivity index (χ3v) is 5.40. The van der Waals surface area contributed by atoms with Crippen LogP contribution in [0.15, 0.2) is 66.7 Å². The first-order valence-electron chi connectivity index (χ1n) is 10.4. The molecule has 0 aliphatic carbocycles. The molecule has 3 unspecified atom stereocenters. The number of benzene rings is 2. The van der Waals surface area contributed by atoms with Gasteiger partial charge >= 0.3 is 6.03 Å². The minimum atomic E-state index is -0.574. The van der Waals surface area contributed by atoms with Crippen LogP contribution in [-0.2, 0) is 4.79 Å². The molecule has 0 bridgehead atoms. The molecule has 8 heteroatoms. The highest BCUT2D eigenvalue weighted by Gasteiger charge is 2.34.